The Morgan fingerprint density at radius 2 is 1.94 bits per heavy atom. The van der Waals surface area contributed by atoms with E-state index in [1.165, 1.54) is 5.56 Å². The fourth-order valence-electron chi connectivity index (χ4n) is 4.65. The van der Waals surface area contributed by atoms with Crippen LogP contribution in [0, 0.1) is 24.6 Å². The first-order valence-corrected chi connectivity index (χ1v) is 11.6. The lowest BCUT2D eigenvalue weighted by Crippen LogP contribution is -2.46. The summed E-state index contributed by atoms with van der Waals surface area (Å²) in [7, 11) is 4.06. The number of aromatic nitrogens is 2. The monoisotopic (exact) mass is 440 g/mol. The summed E-state index contributed by atoms with van der Waals surface area (Å²) in [6.07, 6.45) is 8.24. The van der Waals surface area contributed by atoms with Crippen molar-refractivity contribution in [3.63, 3.8) is 0 Å². The molecule has 1 aliphatic heterocycles. The molecule has 1 fully saturated rings. The van der Waals surface area contributed by atoms with E-state index >= 15 is 0 Å². The molecule has 0 N–H and O–H groups in total. The van der Waals surface area contributed by atoms with Crippen molar-refractivity contribution >= 4 is 5.91 Å². The molecular formula is C26H37FN4O. The van der Waals surface area contributed by atoms with E-state index in [0.29, 0.717) is 18.3 Å². The summed E-state index contributed by atoms with van der Waals surface area (Å²) in [6, 6.07) is 7.27. The number of piperidine rings is 1. The molecule has 6 heteroatoms. The summed E-state index contributed by atoms with van der Waals surface area (Å²) in [6.45, 7) is 8.45. The van der Waals surface area contributed by atoms with Gasteiger partial charge in [0, 0.05) is 44.5 Å². The second-order valence-corrected chi connectivity index (χ2v) is 9.46. The minimum Gasteiger partial charge on any atom is -0.339 e. The van der Waals surface area contributed by atoms with E-state index in [2.05, 4.69) is 37.1 Å². The lowest BCUT2D eigenvalue weighted by atomic mass is 9.84. The van der Waals surface area contributed by atoms with Crippen molar-refractivity contribution in [1.29, 1.82) is 0 Å². The van der Waals surface area contributed by atoms with Crippen molar-refractivity contribution in [1.82, 2.24) is 19.6 Å². The summed E-state index contributed by atoms with van der Waals surface area (Å²) in [5.74, 6) is 0.720. The van der Waals surface area contributed by atoms with Crippen LogP contribution in [0.2, 0.25) is 0 Å². The zero-order valence-electron chi connectivity index (χ0n) is 20.1. The molecule has 1 saturated heterocycles. The number of likely N-dealkylation sites (tertiary alicyclic amines) is 1. The third kappa shape index (κ3) is 6.28. The number of amides is 1. The third-order valence-electron chi connectivity index (χ3n) is 6.51. The molecule has 1 amide bonds. The molecule has 1 aromatic carbocycles. The number of nitrogens with zero attached hydrogens (tertiary/aromatic N) is 4. The van der Waals surface area contributed by atoms with Gasteiger partial charge in [0.25, 0.3) is 0 Å². The van der Waals surface area contributed by atoms with Gasteiger partial charge in [-0.25, -0.2) is 4.39 Å². The van der Waals surface area contributed by atoms with Crippen LogP contribution in [0.25, 0.3) is 0 Å². The summed E-state index contributed by atoms with van der Waals surface area (Å²) in [5.41, 5.74) is 2.98. The zero-order valence-corrected chi connectivity index (χ0v) is 20.1. The number of benzene rings is 1. The number of allylic oxidation sites excluding steroid dienone is 1. The molecule has 174 valence electrons. The Morgan fingerprint density at radius 1 is 1.25 bits per heavy atom. The smallest absolute Gasteiger partial charge is 0.246 e. The molecule has 0 bridgehead atoms. The van der Waals surface area contributed by atoms with Gasteiger partial charge in [-0.3, -0.25) is 14.4 Å². The Kier molecular flexibility index (Phi) is 8.24. The van der Waals surface area contributed by atoms with Crippen LogP contribution in [-0.4, -0.2) is 51.7 Å². The first kappa shape index (κ1) is 24.2. The number of carbonyl (C=O) groups excluding carboxylic acids is 1. The second-order valence-electron chi connectivity index (χ2n) is 9.46. The van der Waals surface area contributed by atoms with Crippen molar-refractivity contribution < 1.29 is 9.18 Å². The van der Waals surface area contributed by atoms with Gasteiger partial charge in [0.05, 0.1) is 5.69 Å². The minimum atomic E-state index is -0.144. The van der Waals surface area contributed by atoms with E-state index in [-0.39, 0.29) is 17.8 Å². The fraction of sp³-hybridized carbons (Fsp3) is 0.538. The molecule has 1 aliphatic rings. The molecule has 32 heavy (non-hydrogen) atoms. The Labute approximate surface area is 191 Å². The lowest BCUT2D eigenvalue weighted by molar-refractivity contribution is -0.127. The van der Waals surface area contributed by atoms with Crippen LogP contribution in [0.1, 0.15) is 43.5 Å². The predicted octanol–water partition coefficient (Wildman–Crippen LogP) is 4.36. The zero-order chi connectivity index (χ0) is 23.3. The van der Waals surface area contributed by atoms with E-state index in [9.17, 15) is 9.18 Å². The van der Waals surface area contributed by atoms with Gasteiger partial charge in [0.2, 0.25) is 5.91 Å². The van der Waals surface area contributed by atoms with Crippen LogP contribution in [-0.2, 0) is 24.8 Å². The highest BCUT2D eigenvalue weighted by Crippen LogP contribution is 2.28. The maximum Gasteiger partial charge on any atom is 0.246 e. The average Bonchev–Trinajstić information content (AvgIpc) is 3.08. The highest BCUT2D eigenvalue weighted by atomic mass is 19.1. The summed E-state index contributed by atoms with van der Waals surface area (Å²) in [4.78, 5) is 16.8. The van der Waals surface area contributed by atoms with E-state index in [1.54, 1.807) is 18.2 Å². The van der Waals surface area contributed by atoms with E-state index in [1.807, 2.05) is 41.8 Å². The predicted molar refractivity (Wildman–Crippen MR) is 127 cm³/mol. The molecule has 0 aliphatic carbocycles. The molecule has 0 radical (unpaired) electrons. The maximum atomic E-state index is 14.5. The molecular weight excluding hydrogens is 403 g/mol. The highest BCUT2D eigenvalue weighted by Gasteiger charge is 2.31. The van der Waals surface area contributed by atoms with Crippen molar-refractivity contribution in [3.8, 4) is 0 Å². The molecule has 0 unspecified atom stereocenters. The van der Waals surface area contributed by atoms with Gasteiger partial charge in [-0.2, -0.15) is 5.10 Å². The largest absolute Gasteiger partial charge is 0.339 e. The van der Waals surface area contributed by atoms with Gasteiger partial charge >= 0.3 is 0 Å². The molecule has 5 nitrogen and oxygen atoms in total. The number of halogens is 1. The average molecular weight is 441 g/mol. The number of hydrogen-bond acceptors (Lipinski definition) is 3. The number of likely N-dealkylation sites (N-methyl/N-ethyl adjacent to an activating group) is 1. The van der Waals surface area contributed by atoms with Crippen LogP contribution < -0.4 is 0 Å². The van der Waals surface area contributed by atoms with E-state index in [4.69, 9.17) is 0 Å². The van der Waals surface area contributed by atoms with Gasteiger partial charge in [-0.1, -0.05) is 38.1 Å². The minimum absolute atomic E-state index is 0.0992. The van der Waals surface area contributed by atoms with Gasteiger partial charge in [-0.15, -0.1) is 0 Å². The summed E-state index contributed by atoms with van der Waals surface area (Å²) < 4.78 is 16.3. The lowest BCUT2D eigenvalue weighted by Gasteiger charge is -2.40. The molecule has 1 atom stereocenters. The molecule has 3 rings (SSSR count). The van der Waals surface area contributed by atoms with Crippen molar-refractivity contribution in [2.45, 2.75) is 52.6 Å². The van der Waals surface area contributed by atoms with Crippen LogP contribution in [0.15, 0.2) is 42.6 Å². The summed E-state index contributed by atoms with van der Waals surface area (Å²) in [5, 5.41) is 4.47. The Balaban J connectivity index is 1.73. The van der Waals surface area contributed by atoms with Crippen LogP contribution in [0.3, 0.4) is 0 Å². The Morgan fingerprint density at radius 3 is 2.53 bits per heavy atom. The van der Waals surface area contributed by atoms with Gasteiger partial charge in [0.15, 0.2) is 0 Å². The van der Waals surface area contributed by atoms with E-state index in [0.717, 1.165) is 43.7 Å². The molecule has 1 aromatic heterocycles. The number of aryl methyl sites for hydroxylation is 2. The van der Waals surface area contributed by atoms with Crippen LogP contribution in [0.5, 0.6) is 0 Å². The van der Waals surface area contributed by atoms with Crippen molar-refractivity contribution in [3.05, 3.63) is 65.3 Å². The first-order valence-electron chi connectivity index (χ1n) is 11.6. The van der Waals surface area contributed by atoms with E-state index < -0.39 is 0 Å². The highest BCUT2D eigenvalue weighted by molar-refractivity contribution is 5.87. The second kappa shape index (κ2) is 10.9. The summed E-state index contributed by atoms with van der Waals surface area (Å²) >= 11 is 0. The third-order valence-corrected chi connectivity index (χ3v) is 6.51. The first-order chi connectivity index (χ1) is 15.2. The maximum absolute atomic E-state index is 14.5. The number of carbonyl (C=O) groups is 1. The van der Waals surface area contributed by atoms with Gasteiger partial charge in [-0.05, 0) is 62.8 Å². The molecule has 0 spiro atoms. The molecule has 2 heterocycles. The molecule has 0 saturated carbocycles. The Hall–Kier alpha value is -2.47. The topological polar surface area (TPSA) is 41.4 Å². The normalized spacial score (nSPS) is 16.4. The SMILES string of the molecule is Cc1nn(C)cc1CN(C)[C@H](Cc1ccccc1F)C1CCN(C(=O)/C=C/C(C)C)CC1. The molecule has 2 aromatic rings. The van der Waals surface area contributed by atoms with Crippen LogP contribution in [0.4, 0.5) is 4.39 Å². The Bertz CT molecular complexity index is 928. The number of hydrogen-bond donors (Lipinski definition) is 0. The van der Waals surface area contributed by atoms with Gasteiger partial charge in [0.1, 0.15) is 5.82 Å². The van der Waals surface area contributed by atoms with Gasteiger partial charge < -0.3 is 4.90 Å². The van der Waals surface area contributed by atoms with Crippen molar-refractivity contribution in [2.75, 3.05) is 20.1 Å². The standard InChI is InChI=1S/C26H37FN4O/c1-19(2)10-11-26(32)31-14-12-21(13-15-31)25(16-22-8-6-7-9-24(22)27)29(4)17-23-18-30(5)28-20(23)3/h6-11,18-19,21,25H,12-17H2,1-5H3/b11-10+/t25-/m1/s1. The quantitative estimate of drug-likeness (QED) is 0.573. The van der Waals surface area contributed by atoms with Crippen molar-refractivity contribution in [2.24, 2.45) is 18.9 Å². The number of rotatable bonds is 8. The fourth-order valence-corrected chi connectivity index (χ4v) is 4.65. The van der Waals surface area contributed by atoms with Crippen LogP contribution >= 0.6 is 0 Å².